The van der Waals surface area contributed by atoms with Crippen LogP contribution in [0, 0.1) is 33.8 Å². The lowest BCUT2D eigenvalue weighted by Gasteiger charge is -2.48. The Hall–Kier alpha value is -1.77. The monoisotopic (exact) mass is 808 g/mol. The molecule has 4 N–H and O–H groups in total. The third-order valence-electron chi connectivity index (χ3n) is 12.8. The maximum atomic E-state index is 14.4. The van der Waals surface area contributed by atoms with Crippen LogP contribution in [-0.2, 0) is 38.1 Å². The summed E-state index contributed by atoms with van der Waals surface area (Å²) in [6, 6.07) is -1.02. The predicted octanol–water partition coefficient (Wildman–Crippen LogP) is 2.36. The second kappa shape index (κ2) is 20.0. The highest BCUT2D eigenvalue weighted by molar-refractivity contribution is 5.73. The molecule has 3 rings (SSSR count). The lowest BCUT2D eigenvalue weighted by molar-refractivity contribution is -0.774. The molecule has 3 saturated heterocycles. The number of likely N-dealkylation sites (N-methyl/N-ethyl adjacent to an activating group) is 2. The van der Waals surface area contributed by atoms with E-state index in [0.717, 1.165) is 0 Å². The summed E-state index contributed by atoms with van der Waals surface area (Å²) in [5, 5.41) is 57.1. The van der Waals surface area contributed by atoms with Crippen LogP contribution in [-0.4, -0.2) is 167 Å². The van der Waals surface area contributed by atoms with Gasteiger partial charge in [0.2, 0.25) is 0 Å². The summed E-state index contributed by atoms with van der Waals surface area (Å²) in [6.45, 7) is 17.6. The van der Waals surface area contributed by atoms with Gasteiger partial charge in [-0.25, -0.2) is 0 Å². The Morgan fingerprint density at radius 1 is 1.05 bits per heavy atom. The molecule has 0 aliphatic carbocycles. The molecule has 17 heteroatoms. The first-order chi connectivity index (χ1) is 25.9. The van der Waals surface area contributed by atoms with Gasteiger partial charge in [-0.3, -0.25) is 4.79 Å². The predicted molar refractivity (Wildman–Crippen MR) is 205 cm³/mol. The maximum absolute atomic E-state index is 14.4. The van der Waals surface area contributed by atoms with Crippen molar-refractivity contribution in [2.75, 3.05) is 34.8 Å². The highest BCUT2D eigenvalue weighted by Crippen LogP contribution is 2.40. The van der Waals surface area contributed by atoms with Gasteiger partial charge < -0.3 is 63.5 Å². The molecule has 19 atom stereocenters. The van der Waals surface area contributed by atoms with Crippen LogP contribution >= 0.6 is 0 Å². The fourth-order valence-corrected chi connectivity index (χ4v) is 9.07. The van der Waals surface area contributed by atoms with Crippen LogP contribution in [0.1, 0.15) is 94.9 Å². The Bertz CT molecular complexity index is 1260. The maximum Gasteiger partial charge on any atom is 0.311 e. The highest BCUT2D eigenvalue weighted by atomic mass is 17.0. The lowest BCUT2D eigenvalue weighted by Crippen LogP contribution is -2.60. The normalized spacial score (nSPS) is 46.0. The third kappa shape index (κ3) is 11.3. The molecule has 3 unspecified atom stereocenters. The molecule has 0 radical (unpaired) electrons. The first-order valence-electron chi connectivity index (χ1n) is 20.2. The van der Waals surface area contributed by atoms with E-state index in [1.54, 1.807) is 48.6 Å². The standard InChI is InChI=1S/C39H73N3O14/c1-15-29-39(10,47)35(56-42(48)49)24(6)41(13)19-20(2)16-27(25(7)43)33(55-37-31(44)28(40(11)12)17-21(3)51-37)22(4)32(23(5)36(46)53-29)54-30-18-38(9,50-14)34(45)26(8)52-30/h20-35,37,43-45,47H,15-19H2,1-14H3/t20-,21-,22+,23-,24-,25?,26+,27?,28?,29-,30+,31-,32+,33-,34+,35-,37+,38-,39-/m1/s1. The van der Waals surface area contributed by atoms with Gasteiger partial charge >= 0.3 is 5.97 Å². The smallest absolute Gasteiger partial charge is 0.311 e. The number of esters is 1. The van der Waals surface area contributed by atoms with E-state index < -0.39 is 107 Å². The minimum Gasteiger partial charge on any atom is -0.459 e. The number of hydrogen-bond acceptors (Lipinski definition) is 16. The first kappa shape index (κ1) is 48.6. The second-order valence-corrected chi connectivity index (χ2v) is 17.6. The Kier molecular flexibility index (Phi) is 17.3. The fourth-order valence-electron chi connectivity index (χ4n) is 9.07. The molecular weight excluding hydrogens is 734 g/mol. The van der Waals surface area contributed by atoms with E-state index in [1.165, 1.54) is 14.0 Å². The summed E-state index contributed by atoms with van der Waals surface area (Å²) >= 11 is 0. The summed E-state index contributed by atoms with van der Waals surface area (Å²) in [7, 11) is 7.01. The van der Waals surface area contributed by atoms with Crippen LogP contribution in [0.3, 0.4) is 0 Å². The zero-order chi connectivity index (χ0) is 42.6. The van der Waals surface area contributed by atoms with Gasteiger partial charge in [0.05, 0.1) is 42.0 Å². The molecule has 0 saturated carbocycles. The average Bonchev–Trinajstić information content (AvgIpc) is 3.11. The minimum atomic E-state index is -2.02. The number of methoxy groups -OCH3 is 1. The van der Waals surface area contributed by atoms with E-state index >= 15 is 0 Å². The number of aliphatic hydroxyl groups is 4. The molecule has 0 aromatic rings. The van der Waals surface area contributed by atoms with E-state index in [1.807, 2.05) is 44.7 Å². The van der Waals surface area contributed by atoms with Crippen molar-refractivity contribution < 1.29 is 63.6 Å². The molecule has 0 aromatic heterocycles. The van der Waals surface area contributed by atoms with Gasteiger partial charge in [0.25, 0.3) is 5.09 Å². The zero-order valence-corrected chi connectivity index (χ0v) is 36.1. The van der Waals surface area contributed by atoms with Crippen molar-refractivity contribution in [1.82, 2.24) is 9.80 Å². The van der Waals surface area contributed by atoms with Crippen LogP contribution in [0.2, 0.25) is 0 Å². The Labute approximate surface area is 333 Å². The van der Waals surface area contributed by atoms with Crippen molar-refractivity contribution in [3.05, 3.63) is 10.1 Å². The van der Waals surface area contributed by atoms with Gasteiger partial charge in [0.15, 0.2) is 18.7 Å². The van der Waals surface area contributed by atoms with E-state index in [0.29, 0.717) is 19.4 Å². The number of cyclic esters (lactones) is 1. The second-order valence-electron chi connectivity index (χ2n) is 17.6. The molecule has 0 bridgehead atoms. The fraction of sp³-hybridized carbons (Fsp3) is 0.974. The van der Waals surface area contributed by atoms with E-state index in [4.69, 9.17) is 33.3 Å². The van der Waals surface area contributed by atoms with Crippen molar-refractivity contribution in [2.45, 2.75) is 186 Å². The molecule has 3 heterocycles. The number of ether oxygens (including phenoxy) is 6. The highest BCUT2D eigenvalue weighted by Gasteiger charge is 2.52. The van der Waals surface area contributed by atoms with Crippen molar-refractivity contribution in [1.29, 1.82) is 0 Å². The quantitative estimate of drug-likeness (QED) is 0.142. The van der Waals surface area contributed by atoms with Gasteiger partial charge in [-0.1, -0.05) is 20.8 Å². The molecule has 3 aliphatic heterocycles. The zero-order valence-electron chi connectivity index (χ0n) is 36.1. The van der Waals surface area contributed by atoms with Gasteiger partial charge in [0.1, 0.15) is 23.9 Å². The van der Waals surface area contributed by atoms with Crippen LogP contribution in [0.5, 0.6) is 0 Å². The van der Waals surface area contributed by atoms with Crippen molar-refractivity contribution in [3.8, 4) is 0 Å². The molecule has 3 fully saturated rings. The van der Waals surface area contributed by atoms with Crippen molar-refractivity contribution in [3.63, 3.8) is 0 Å². The number of carbonyl (C=O) groups excluding carboxylic acids is 1. The SMILES string of the molecule is CC[C@H]1OC(=O)[C@H](C)[C@@H](O[C@H]2C[C@@](C)(OC)[C@@H](O)[C@H](C)O2)[C@H](C)[C@@H](O[C@@H]2O[C@H](C)CC(N(C)C)[C@H]2O)C(C(C)O)C[C@@H](C)CN(C)[C@H](C)[C@@H](O[N+](=O)[O-])[C@]1(C)O. The number of carbonyl (C=O) groups is 1. The van der Waals surface area contributed by atoms with E-state index in [9.17, 15) is 35.3 Å². The molecular formula is C39H73N3O14. The molecule has 0 aromatic carbocycles. The summed E-state index contributed by atoms with van der Waals surface area (Å²) < 4.78 is 37.8. The number of aliphatic hydroxyl groups excluding tert-OH is 3. The van der Waals surface area contributed by atoms with Gasteiger partial charge in [-0.05, 0) is 94.8 Å². The topological polar surface area (TPSA) is 212 Å². The summed E-state index contributed by atoms with van der Waals surface area (Å²) in [6.07, 6.45) is -9.46. The average molecular weight is 808 g/mol. The molecule has 0 amide bonds. The van der Waals surface area contributed by atoms with E-state index in [-0.39, 0.29) is 30.9 Å². The summed E-state index contributed by atoms with van der Waals surface area (Å²) in [5.74, 6) is -3.30. The summed E-state index contributed by atoms with van der Waals surface area (Å²) in [5.41, 5.74) is -3.07. The number of rotatable bonds is 10. The van der Waals surface area contributed by atoms with Gasteiger partial charge in [0, 0.05) is 44.0 Å². The molecule has 17 nitrogen and oxygen atoms in total. The van der Waals surface area contributed by atoms with Crippen LogP contribution in [0.15, 0.2) is 0 Å². The molecule has 3 aliphatic rings. The largest absolute Gasteiger partial charge is 0.459 e. The van der Waals surface area contributed by atoms with Crippen LogP contribution in [0.25, 0.3) is 0 Å². The van der Waals surface area contributed by atoms with Crippen LogP contribution < -0.4 is 0 Å². The Morgan fingerprint density at radius 2 is 1.68 bits per heavy atom. The van der Waals surface area contributed by atoms with E-state index in [2.05, 4.69) is 0 Å². The molecule has 56 heavy (non-hydrogen) atoms. The minimum absolute atomic E-state index is 0.0995. The third-order valence-corrected chi connectivity index (χ3v) is 12.8. The number of hydrogen-bond donors (Lipinski definition) is 4. The lowest BCUT2D eigenvalue weighted by atomic mass is 9.77. The van der Waals surface area contributed by atoms with Gasteiger partial charge in [-0.15, -0.1) is 10.1 Å². The van der Waals surface area contributed by atoms with Crippen molar-refractivity contribution in [2.24, 2.45) is 23.7 Å². The van der Waals surface area contributed by atoms with Crippen molar-refractivity contribution >= 4 is 5.97 Å². The Morgan fingerprint density at radius 3 is 2.21 bits per heavy atom. The Balaban J connectivity index is 2.24. The number of nitrogens with zero attached hydrogens (tertiary/aromatic N) is 3. The van der Waals surface area contributed by atoms with Crippen LogP contribution in [0.4, 0.5) is 0 Å². The van der Waals surface area contributed by atoms with Gasteiger partial charge in [-0.2, -0.15) is 0 Å². The molecule has 0 spiro atoms. The molecule has 328 valence electrons. The summed E-state index contributed by atoms with van der Waals surface area (Å²) in [4.78, 5) is 35.1. The first-order valence-corrected chi connectivity index (χ1v) is 20.2.